The van der Waals surface area contributed by atoms with Crippen molar-refractivity contribution in [3.63, 3.8) is 0 Å². The summed E-state index contributed by atoms with van der Waals surface area (Å²) in [6.45, 7) is 0.447. The van der Waals surface area contributed by atoms with Crippen molar-refractivity contribution < 1.29 is 9.47 Å². The summed E-state index contributed by atoms with van der Waals surface area (Å²) in [5.41, 5.74) is 4.63. The van der Waals surface area contributed by atoms with Crippen molar-refractivity contribution >= 4 is 29.4 Å². The van der Waals surface area contributed by atoms with Crippen LogP contribution >= 0.6 is 23.2 Å². The van der Waals surface area contributed by atoms with Crippen molar-refractivity contribution in [3.05, 3.63) is 57.6 Å². The Morgan fingerprint density at radius 2 is 1.73 bits per heavy atom. The number of nitrogens with zero attached hydrogens (tertiary/aromatic N) is 1. The van der Waals surface area contributed by atoms with Gasteiger partial charge < -0.3 is 14.9 Å². The summed E-state index contributed by atoms with van der Waals surface area (Å²) in [5.74, 6) is 1.33. The average Bonchev–Trinajstić information content (AvgIpc) is 2.53. The van der Waals surface area contributed by atoms with E-state index >= 15 is 0 Å². The molecule has 0 aliphatic rings. The zero-order chi connectivity index (χ0) is 15.9. The molecule has 0 saturated carbocycles. The molecule has 1 N–H and O–H groups in total. The summed E-state index contributed by atoms with van der Waals surface area (Å²) < 4.78 is 10.4. The fourth-order valence-electron chi connectivity index (χ4n) is 1.88. The largest absolute Gasteiger partial charge is 0.493 e. The summed E-state index contributed by atoms with van der Waals surface area (Å²) >= 11 is 12.2. The van der Waals surface area contributed by atoms with E-state index in [-0.39, 0.29) is 0 Å². The number of hydrogen-bond acceptors (Lipinski definition) is 4. The quantitative estimate of drug-likeness (QED) is 0.636. The normalized spacial score (nSPS) is 10.7. The molecule has 0 spiro atoms. The second-order valence-electron chi connectivity index (χ2n) is 4.41. The second kappa shape index (κ2) is 7.92. The number of nitrogens with one attached hydrogen (secondary N) is 1. The molecule has 0 saturated heterocycles. The molecule has 0 atom stereocenters. The first-order valence-electron chi connectivity index (χ1n) is 6.56. The Kier molecular flexibility index (Phi) is 5.92. The number of hydrogen-bond donors (Lipinski definition) is 1. The predicted octanol–water partition coefficient (Wildman–Crippen LogP) is 4.13. The van der Waals surface area contributed by atoms with Gasteiger partial charge in [-0.25, -0.2) is 0 Å². The van der Waals surface area contributed by atoms with Crippen LogP contribution in [0.4, 0.5) is 0 Å². The smallest absolute Gasteiger partial charge is 0.161 e. The zero-order valence-electron chi connectivity index (χ0n) is 12.3. The molecule has 0 aliphatic heterocycles. The van der Waals surface area contributed by atoms with Crippen molar-refractivity contribution in [3.8, 4) is 11.5 Å². The highest BCUT2D eigenvalue weighted by Crippen LogP contribution is 2.27. The van der Waals surface area contributed by atoms with E-state index in [2.05, 4.69) is 10.5 Å². The lowest BCUT2D eigenvalue weighted by molar-refractivity contribution is 0.355. The average molecular weight is 339 g/mol. The van der Waals surface area contributed by atoms with Gasteiger partial charge in [-0.3, -0.25) is 0 Å². The fourth-order valence-corrected chi connectivity index (χ4v) is 2.41. The molecule has 6 heteroatoms. The van der Waals surface area contributed by atoms with Crippen LogP contribution < -0.4 is 14.9 Å². The van der Waals surface area contributed by atoms with Gasteiger partial charge in [-0.2, -0.15) is 5.10 Å². The first-order valence-corrected chi connectivity index (χ1v) is 7.32. The Morgan fingerprint density at radius 1 is 1.05 bits per heavy atom. The lowest BCUT2D eigenvalue weighted by Crippen LogP contribution is -2.06. The van der Waals surface area contributed by atoms with Crippen LogP contribution in [0.3, 0.4) is 0 Å². The van der Waals surface area contributed by atoms with Gasteiger partial charge in [0.15, 0.2) is 11.5 Å². The van der Waals surface area contributed by atoms with Gasteiger partial charge in [-0.05, 0) is 35.9 Å². The molecule has 2 aromatic carbocycles. The maximum Gasteiger partial charge on any atom is 0.161 e. The van der Waals surface area contributed by atoms with Crippen LogP contribution in [-0.4, -0.2) is 20.4 Å². The summed E-state index contributed by atoms with van der Waals surface area (Å²) in [7, 11) is 3.19. The van der Waals surface area contributed by atoms with Crippen molar-refractivity contribution in [1.29, 1.82) is 0 Å². The minimum absolute atomic E-state index is 0.447. The van der Waals surface area contributed by atoms with Gasteiger partial charge in [0, 0.05) is 15.6 Å². The Labute approximate surface area is 139 Å². The number of hydrazone groups is 1. The first-order chi connectivity index (χ1) is 10.7. The minimum atomic E-state index is 0.447. The van der Waals surface area contributed by atoms with Crippen LogP contribution in [0.1, 0.15) is 11.1 Å². The number of methoxy groups -OCH3 is 2. The van der Waals surface area contributed by atoms with Crippen molar-refractivity contribution in [1.82, 2.24) is 5.43 Å². The van der Waals surface area contributed by atoms with Crippen molar-refractivity contribution in [2.75, 3.05) is 14.2 Å². The van der Waals surface area contributed by atoms with Gasteiger partial charge in [0.25, 0.3) is 0 Å². The van der Waals surface area contributed by atoms with E-state index in [0.717, 1.165) is 11.1 Å². The molecule has 0 bridgehead atoms. The van der Waals surface area contributed by atoms with Gasteiger partial charge >= 0.3 is 0 Å². The van der Waals surface area contributed by atoms with Crippen LogP contribution in [0.25, 0.3) is 0 Å². The lowest BCUT2D eigenvalue weighted by Gasteiger charge is -2.08. The standard InChI is InChI=1S/C16H16Cl2N2O2/c1-21-15-7-6-11(8-16(15)22-2)9-19-20-10-12-13(17)4-3-5-14(12)18/h3-9,20H,10H2,1-2H3/b19-9-. The molecular weight excluding hydrogens is 323 g/mol. The Balaban J connectivity index is 2.01. The van der Waals surface area contributed by atoms with Crippen molar-refractivity contribution in [2.24, 2.45) is 5.10 Å². The summed E-state index contributed by atoms with van der Waals surface area (Å²) in [6, 6.07) is 10.9. The molecule has 0 unspecified atom stereocenters. The second-order valence-corrected chi connectivity index (χ2v) is 5.22. The molecule has 4 nitrogen and oxygen atoms in total. The third-order valence-electron chi connectivity index (χ3n) is 3.03. The van der Waals surface area contributed by atoms with E-state index in [0.29, 0.717) is 28.1 Å². The monoisotopic (exact) mass is 338 g/mol. The van der Waals surface area contributed by atoms with Crippen molar-refractivity contribution in [2.45, 2.75) is 6.54 Å². The molecule has 0 amide bonds. The topological polar surface area (TPSA) is 42.8 Å². The van der Waals surface area contributed by atoms with Gasteiger partial charge in [0.2, 0.25) is 0 Å². The molecule has 2 aromatic rings. The molecule has 0 aliphatic carbocycles. The number of rotatable bonds is 6. The van der Waals surface area contributed by atoms with Crippen LogP contribution in [0, 0.1) is 0 Å². The van der Waals surface area contributed by atoms with E-state index < -0.39 is 0 Å². The maximum atomic E-state index is 6.09. The lowest BCUT2D eigenvalue weighted by atomic mass is 10.2. The highest BCUT2D eigenvalue weighted by molar-refractivity contribution is 6.35. The van der Waals surface area contributed by atoms with Gasteiger partial charge in [-0.15, -0.1) is 0 Å². The van der Waals surface area contributed by atoms with Crippen LogP contribution in [0.5, 0.6) is 11.5 Å². The minimum Gasteiger partial charge on any atom is -0.493 e. The predicted molar refractivity (Wildman–Crippen MR) is 90.4 cm³/mol. The van der Waals surface area contributed by atoms with E-state index in [4.69, 9.17) is 32.7 Å². The molecule has 2 rings (SSSR count). The molecule has 0 fully saturated rings. The third-order valence-corrected chi connectivity index (χ3v) is 3.74. The number of benzene rings is 2. The summed E-state index contributed by atoms with van der Waals surface area (Å²) in [6.07, 6.45) is 1.69. The molecule has 0 aromatic heterocycles. The summed E-state index contributed by atoms with van der Waals surface area (Å²) in [5, 5.41) is 5.39. The van der Waals surface area contributed by atoms with Crippen LogP contribution in [-0.2, 0) is 6.54 Å². The Hall–Kier alpha value is -1.91. The van der Waals surface area contributed by atoms with Gasteiger partial charge in [0.05, 0.1) is 27.0 Å². The van der Waals surface area contributed by atoms with Crippen LogP contribution in [0.2, 0.25) is 10.0 Å². The molecule has 0 heterocycles. The molecular formula is C16H16Cl2N2O2. The van der Waals surface area contributed by atoms with E-state index in [1.807, 2.05) is 18.2 Å². The molecule has 116 valence electrons. The highest BCUT2D eigenvalue weighted by atomic mass is 35.5. The molecule has 0 radical (unpaired) electrons. The number of ether oxygens (including phenoxy) is 2. The SMILES string of the molecule is COc1ccc(/C=N\NCc2c(Cl)cccc2Cl)cc1OC. The maximum absolute atomic E-state index is 6.09. The first kappa shape index (κ1) is 16.5. The van der Waals surface area contributed by atoms with Gasteiger partial charge in [-0.1, -0.05) is 29.3 Å². The van der Waals surface area contributed by atoms with Crippen LogP contribution in [0.15, 0.2) is 41.5 Å². The summed E-state index contributed by atoms with van der Waals surface area (Å²) in [4.78, 5) is 0. The Bertz CT molecular complexity index is 655. The van der Waals surface area contributed by atoms with Gasteiger partial charge in [0.1, 0.15) is 0 Å². The van der Waals surface area contributed by atoms with E-state index in [1.54, 1.807) is 38.6 Å². The zero-order valence-corrected chi connectivity index (χ0v) is 13.8. The number of halogens is 2. The third kappa shape index (κ3) is 4.06. The highest BCUT2D eigenvalue weighted by Gasteiger charge is 2.04. The van der Waals surface area contributed by atoms with E-state index in [1.165, 1.54) is 0 Å². The van der Waals surface area contributed by atoms with E-state index in [9.17, 15) is 0 Å². The Morgan fingerprint density at radius 3 is 2.36 bits per heavy atom. The molecule has 22 heavy (non-hydrogen) atoms. The fraction of sp³-hybridized carbons (Fsp3) is 0.188.